The highest BCUT2D eigenvalue weighted by atomic mass is 32.2. The first-order valence-electron chi connectivity index (χ1n) is 11.5. The SMILES string of the molecule is COC(=O)c1ccc(C)c(NC(=O)c2ccccc2N(Cc2ccccc2)S(=O)(=O)c2ccccc2)c1. The van der Waals surface area contributed by atoms with E-state index in [2.05, 4.69) is 5.32 Å². The fourth-order valence-corrected chi connectivity index (χ4v) is 5.34. The number of nitrogens with one attached hydrogen (secondary N) is 1. The lowest BCUT2D eigenvalue weighted by molar-refractivity contribution is 0.0600. The number of benzene rings is 4. The lowest BCUT2D eigenvalue weighted by Gasteiger charge is -2.26. The highest BCUT2D eigenvalue weighted by Gasteiger charge is 2.28. The van der Waals surface area contributed by atoms with Gasteiger partial charge >= 0.3 is 5.97 Å². The first kappa shape index (κ1) is 25.7. The molecule has 7 nitrogen and oxygen atoms in total. The van der Waals surface area contributed by atoms with E-state index >= 15 is 0 Å². The highest BCUT2D eigenvalue weighted by molar-refractivity contribution is 7.92. The van der Waals surface area contributed by atoms with E-state index in [0.29, 0.717) is 5.69 Å². The Morgan fingerprint density at radius 2 is 1.46 bits per heavy atom. The fraction of sp³-hybridized carbons (Fsp3) is 0.103. The molecule has 188 valence electrons. The van der Waals surface area contributed by atoms with Crippen LogP contribution in [0.4, 0.5) is 11.4 Å². The van der Waals surface area contributed by atoms with Crippen LogP contribution in [0.1, 0.15) is 31.8 Å². The topological polar surface area (TPSA) is 92.8 Å². The van der Waals surface area contributed by atoms with E-state index < -0.39 is 21.9 Å². The number of rotatable bonds is 8. The van der Waals surface area contributed by atoms with Crippen molar-refractivity contribution in [2.75, 3.05) is 16.7 Å². The molecule has 0 aliphatic carbocycles. The van der Waals surface area contributed by atoms with E-state index in [9.17, 15) is 18.0 Å². The smallest absolute Gasteiger partial charge is 0.337 e. The van der Waals surface area contributed by atoms with Crippen molar-refractivity contribution < 1.29 is 22.7 Å². The standard InChI is InChI=1S/C29H26N2O5S/c1-21-17-18-23(29(33)36-2)19-26(21)30-28(32)25-15-9-10-16-27(25)31(20-22-11-5-3-6-12-22)37(34,35)24-13-7-4-8-14-24/h3-19H,20H2,1-2H3,(H,30,32). The van der Waals surface area contributed by atoms with E-state index in [1.807, 2.05) is 30.3 Å². The van der Waals surface area contributed by atoms with Crippen LogP contribution in [0.25, 0.3) is 0 Å². The van der Waals surface area contributed by atoms with Crippen LogP contribution >= 0.6 is 0 Å². The van der Waals surface area contributed by atoms with Gasteiger partial charge in [0.2, 0.25) is 0 Å². The second kappa shape index (κ2) is 11.1. The van der Waals surface area contributed by atoms with Crippen LogP contribution in [0.3, 0.4) is 0 Å². The zero-order chi connectivity index (χ0) is 26.4. The molecule has 0 saturated heterocycles. The molecule has 4 aromatic carbocycles. The quantitative estimate of drug-likeness (QED) is 0.317. The molecule has 0 aromatic heterocycles. The number of carbonyl (C=O) groups is 2. The minimum atomic E-state index is -4.02. The number of hydrogen-bond acceptors (Lipinski definition) is 5. The van der Waals surface area contributed by atoms with E-state index in [-0.39, 0.29) is 28.3 Å². The summed E-state index contributed by atoms with van der Waals surface area (Å²) in [6.07, 6.45) is 0. The minimum absolute atomic E-state index is 0.0270. The minimum Gasteiger partial charge on any atom is -0.465 e. The molecule has 0 unspecified atom stereocenters. The summed E-state index contributed by atoms with van der Waals surface area (Å²) in [5, 5.41) is 2.83. The number of carbonyl (C=O) groups excluding carboxylic acids is 2. The van der Waals surface area contributed by atoms with Gasteiger partial charge in [-0.15, -0.1) is 0 Å². The van der Waals surface area contributed by atoms with Gasteiger partial charge in [0, 0.05) is 5.69 Å². The lowest BCUT2D eigenvalue weighted by atomic mass is 10.1. The average Bonchev–Trinajstić information content (AvgIpc) is 2.93. The van der Waals surface area contributed by atoms with E-state index in [1.54, 1.807) is 61.5 Å². The molecule has 0 atom stereocenters. The van der Waals surface area contributed by atoms with Gasteiger partial charge < -0.3 is 10.1 Å². The molecule has 1 N–H and O–H groups in total. The predicted octanol–water partition coefficient (Wildman–Crippen LogP) is 5.43. The molecule has 0 radical (unpaired) electrons. The Morgan fingerprint density at radius 1 is 0.838 bits per heavy atom. The Kier molecular flexibility index (Phi) is 7.69. The molecule has 0 aliphatic heterocycles. The molecule has 4 rings (SSSR count). The summed E-state index contributed by atoms with van der Waals surface area (Å²) in [6, 6.07) is 28.7. The van der Waals surface area contributed by atoms with Crippen LogP contribution < -0.4 is 9.62 Å². The number of hydrogen-bond donors (Lipinski definition) is 1. The third kappa shape index (κ3) is 5.70. The van der Waals surface area contributed by atoms with E-state index in [1.165, 1.54) is 29.6 Å². The lowest BCUT2D eigenvalue weighted by Crippen LogP contribution is -2.32. The Hall–Kier alpha value is -4.43. The van der Waals surface area contributed by atoms with Crippen LogP contribution in [-0.2, 0) is 21.3 Å². The Labute approximate surface area is 216 Å². The third-order valence-electron chi connectivity index (χ3n) is 5.82. The molecule has 0 fully saturated rings. The van der Waals surface area contributed by atoms with Crippen molar-refractivity contribution in [3.8, 4) is 0 Å². The normalized spacial score (nSPS) is 11.0. The Balaban J connectivity index is 1.77. The van der Waals surface area contributed by atoms with Crippen molar-refractivity contribution in [1.29, 1.82) is 0 Å². The summed E-state index contributed by atoms with van der Waals surface area (Å²) in [5.41, 5.74) is 2.60. The Morgan fingerprint density at radius 3 is 2.14 bits per heavy atom. The van der Waals surface area contributed by atoms with Gasteiger partial charge in [-0.1, -0.05) is 66.7 Å². The molecule has 4 aromatic rings. The number of anilines is 2. The first-order valence-corrected chi connectivity index (χ1v) is 13.0. The summed E-state index contributed by atoms with van der Waals surface area (Å²) >= 11 is 0. The number of nitrogens with zero attached hydrogens (tertiary/aromatic N) is 1. The van der Waals surface area contributed by atoms with E-state index in [4.69, 9.17) is 4.74 Å². The molecule has 0 spiro atoms. The van der Waals surface area contributed by atoms with Crippen LogP contribution in [-0.4, -0.2) is 27.4 Å². The van der Waals surface area contributed by atoms with Crippen molar-refractivity contribution in [3.63, 3.8) is 0 Å². The fourth-order valence-electron chi connectivity index (χ4n) is 3.84. The summed E-state index contributed by atoms with van der Waals surface area (Å²) in [7, 11) is -2.74. The van der Waals surface area contributed by atoms with Gasteiger partial charge in [0.15, 0.2) is 0 Å². The maximum atomic E-state index is 13.8. The number of methoxy groups -OCH3 is 1. The zero-order valence-corrected chi connectivity index (χ0v) is 21.2. The molecule has 37 heavy (non-hydrogen) atoms. The largest absolute Gasteiger partial charge is 0.465 e. The maximum Gasteiger partial charge on any atom is 0.337 e. The van der Waals surface area contributed by atoms with Gasteiger partial charge in [0.05, 0.1) is 35.4 Å². The molecule has 0 saturated carbocycles. The molecular formula is C29H26N2O5S. The number of para-hydroxylation sites is 1. The van der Waals surface area contributed by atoms with Crippen molar-refractivity contribution in [3.05, 3.63) is 125 Å². The van der Waals surface area contributed by atoms with Crippen LogP contribution in [0.2, 0.25) is 0 Å². The molecule has 1 amide bonds. The number of aryl methyl sites for hydroxylation is 1. The number of esters is 1. The zero-order valence-electron chi connectivity index (χ0n) is 20.4. The monoisotopic (exact) mass is 514 g/mol. The van der Waals surface area contributed by atoms with Crippen molar-refractivity contribution >= 4 is 33.3 Å². The highest BCUT2D eigenvalue weighted by Crippen LogP contribution is 2.30. The summed E-state index contributed by atoms with van der Waals surface area (Å²) in [5.74, 6) is -1.04. The van der Waals surface area contributed by atoms with Crippen molar-refractivity contribution in [1.82, 2.24) is 0 Å². The molecule has 8 heteroatoms. The molecule has 0 heterocycles. The third-order valence-corrected chi connectivity index (χ3v) is 7.60. The maximum absolute atomic E-state index is 13.8. The second-order valence-electron chi connectivity index (χ2n) is 8.30. The van der Waals surface area contributed by atoms with Crippen molar-refractivity contribution in [2.45, 2.75) is 18.4 Å². The van der Waals surface area contributed by atoms with Gasteiger partial charge in [-0.25, -0.2) is 13.2 Å². The average molecular weight is 515 g/mol. The van der Waals surface area contributed by atoms with Crippen LogP contribution in [0.5, 0.6) is 0 Å². The van der Waals surface area contributed by atoms with Gasteiger partial charge in [0.25, 0.3) is 15.9 Å². The van der Waals surface area contributed by atoms with Gasteiger partial charge in [-0.3, -0.25) is 9.10 Å². The molecular weight excluding hydrogens is 488 g/mol. The van der Waals surface area contributed by atoms with E-state index in [0.717, 1.165) is 11.1 Å². The van der Waals surface area contributed by atoms with Gasteiger partial charge in [-0.2, -0.15) is 0 Å². The summed E-state index contributed by atoms with van der Waals surface area (Å²) in [4.78, 5) is 25.6. The van der Waals surface area contributed by atoms with Crippen LogP contribution in [0.15, 0.2) is 108 Å². The predicted molar refractivity (Wildman–Crippen MR) is 143 cm³/mol. The van der Waals surface area contributed by atoms with Gasteiger partial charge in [0.1, 0.15) is 0 Å². The molecule has 0 aliphatic rings. The van der Waals surface area contributed by atoms with Gasteiger partial charge in [-0.05, 0) is 54.4 Å². The number of amides is 1. The van der Waals surface area contributed by atoms with Crippen molar-refractivity contribution in [2.24, 2.45) is 0 Å². The molecule has 0 bridgehead atoms. The second-order valence-corrected chi connectivity index (χ2v) is 10.2. The summed E-state index contributed by atoms with van der Waals surface area (Å²) in [6.45, 7) is 1.82. The number of ether oxygens (including phenoxy) is 1. The first-order chi connectivity index (χ1) is 17.8. The summed E-state index contributed by atoms with van der Waals surface area (Å²) < 4.78 is 33.7. The Bertz CT molecular complexity index is 1520. The van der Waals surface area contributed by atoms with Crippen LogP contribution in [0, 0.1) is 6.92 Å². The number of sulfonamides is 1.